The lowest BCUT2D eigenvalue weighted by atomic mass is 10.2. The van der Waals surface area contributed by atoms with Crippen LogP contribution in [0.25, 0.3) is 0 Å². The Morgan fingerprint density at radius 2 is 2.04 bits per heavy atom. The van der Waals surface area contributed by atoms with Crippen molar-refractivity contribution in [3.63, 3.8) is 0 Å². The molecule has 2 heterocycles. The molecule has 24 heavy (non-hydrogen) atoms. The van der Waals surface area contributed by atoms with Crippen molar-refractivity contribution in [2.24, 2.45) is 0 Å². The molecule has 0 atom stereocenters. The van der Waals surface area contributed by atoms with Crippen molar-refractivity contribution >= 4 is 29.0 Å². The van der Waals surface area contributed by atoms with E-state index in [1.54, 1.807) is 42.1 Å². The van der Waals surface area contributed by atoms with Crippen LogP contribution in [0.3, 0.4) is 0 Å². The Morgan fingerprint density at radius 1 is 1.25 bits per heavy atom. The molecule has 1 amide bonds. The molecule has 0 radical (unpaired) electrons. The zero-order valence-corrected chi connectivity index (χ0v) is 15.2. The number of Topliss-reactive ketones (excluding diaryl/α,β-unsaturated/α-hetero) is 1. The summed E-state index contributed by atoms with van der Waals surface area (Å²) >= 11 is 1.38. The Balaban J connectivity index is 0.00000288. The van der Waals surface area contributed by atoms with Crippen LogP contribution in [0.5, 0.6) is 0 Å². The van der Waals surface area contributed by atoms with E-state index in [1.807, 2.05) is 11.4 Å². The summed E-state index contributed by atoms with van der Waals surface area (Å²) in [4.78, 5) is 40.1. The second-order valence-corrected chi connectivity index (χ2v) is 5.50. The van der Waals surface area contributed by atoms with E-state index in [1.165, 1.54) is 11.3 Å². The van der Waals surface area contributed by atoms with Crippen molar-refractivity contribution in [2.45, 2.75) is 19.9 Å². The molecule has 9 heteroatoms. The molecular formula is C15H16BrN3O4S. The highest BCUT2D eigenvalue weighted by Gasteiger charge is 2.15. The molecule has 0 aromatic carbocycles. The van der Waals surface area contributed by atoms with Crippen molar-refractivity contribution in [1.29, 1.82) is 0 Å². The van der Waals surface area contributed by atoms with Crippen LogP contribution >= 0.6 is 11.3 Å². The highest BCUT2D eigenvalue weighted by atomic mass is 79.9. The number of ketones is 1. The lowest BCUT2D eigenvalue weighted by Crippen LogP contribution is -3.00. The third-order valence-corrected chi connectivity index (χ3v) is 3.77. The Bertz CT molecular complexity index is 707. The molecule has 0 aliphatic carbocycles. The molecule has 0 aliphatic rings. The monoisotopic (exact) mass is 413 g/mol. The minimum Gasteiger partial charge on any atom is -1.00 e. The number of nitrogens with one attached hydrogen (secondary N) is 2. The predicted molar refractivity (Wildman–Crippen MR) is 82.3 cm³/mol. The van der Waals surface area contributed by atoms with Crippen LogP contribution in [0, 0.1) is 0 Å². The Hall–Kier alpha value is -2.10. The lowest BCUT2D eigenvalue weighted by molar-refractivity contribution is -0.683. The average Bonchev–Trinajstić information content (AvgIpc) is 3.09. The molecule has 0 fully saturated rings. The summed E-state index contributed by atoms with van der Waals surface area (Å²) in [5.41, 5.74) is 4.66. The Kier molecular flexibility index (Phi) is 8.24. The minimum absolute atomic E-state index is 0. The van der Waals surface area contributed by atoms with Gasteiger partial charge in [0.05, 0.1) is 4.88 Å². The number of thiophene rings is 1. The van der Waals surface area contributed by atoms with Crippen LogP contribution in [0.2, 0.25) is 0 Å². The van der Waals surface area contributed by atoms with Gasteiger partial charge in [0.25, 0.3) is 5.91 Å². The second-order valence-electron chi connectivity index (χ2n) is 4.55. The van der Waals surface area contributed by atoms with Gasteiger partial charge in [-0.1, -0.05) is 18.6 Å². The first-order valence-corrected chi connectivity index (χ1v) is 7.79. The quantitative estimate of drug-likeness (QED) is 0.312. The standard InChI is InChI=1S/C15H15N3O4S.BrH/c1-2-14(20)22-17-16-15(21)11-5-3-7-18(9-11)10-12(19)13-6-4-8-23-13;/h3-9,17H,2,10H2,1H3;1H. The zero-order chi connectivity index (χ0) is 16.7. The number of halogens is 1. The average molecular weight is 414 g/mol. The van der Waals surface area contributed by atoms with E-state index >= 15 is 0 Å². The molecule has 0 unspecified atom stereocenters. The summed E-state index contributed by atoms with van der Waals surface area (Å²) in [7, 11) is 0. The maximum atomic E-state index is 12.1. The molecule has 2 aromatic rings. The van der Waals surface area contributed by atoms with E-state index in [2.05, 4.69) is 15.9 Å². The highest BCUT2D eigenvalue weighted by Crippen LogP contribution is 2.09. The molecule has 7 nitrogen and oxygen atoms in total. The van der Waals surface area contributed by atoms with E-state index < -0.39 is 11.9 Å². The van der Waals surface area contributed by atoms with Crippen LogP contribution in [0.15, 0.2) is 42.0 Å². The third kappa shape index (κ3) is 5.84. The largest absolute Gasteiger partial charge is 1.00 e. The van der Waals surface area contributed by atoms with Crippen molar-refractivity contribution in [3.05, 3.63) is 52.5 Å². The molecule has 0 bridgehead atoms. The number of aromatic nitrogens is 1. The van der Waals surface area contributed by atoms with Gasteiger partial charge in [-0.15, -0.1) is 11.3 Å². The number of pyridine rings is 1. The van der Waals surface area contributed by atoms with Crippen LogP contribution in [-0.4, -0.2) is 17.7 Å². The number of hydrogen-bond acceptors (Lipinski definition) is 6. The lowest BCUT2D eigenvalue weighted by Gasteiger charge is -2.05. The highest BCUT2D eigenvalue weighted by molar-refractivity contribution is 7.12. The van der Waals surface area contributed by atoms with Gasteiger partial charge in [0.1, 0.15) is 5.56 Å². The molecule has 2 N–H and O–H groups in total. The van der Waals surface area contributed by atoms with Crippen molar-refractivity contribution in [3.8, 4) is 0 Å². The molecule has 2 aromatic heterocycles. The fourth-order valence-electron chi connectivity index (χ4n) is 1.71. The summed E-state index contributed by atoms with van der Waals surface area (Å²) in [6, 6.07) is 6.82. The van der Waals surface area contributed by atoms with Crippen LogP contribution < -0.4 is 32.6 Å². The second kappa shape index (κ2) is 9.91. The van der Waals surface area contributed by atoms with Gasteiger partial charge in [-0.2, -0.15) is 4.57 Å². The van der Waals surface area contributed by atoms with E-state index in [0.717, 1.165) is 0 Å². The zero-order valence-electron chi connectivity index (χ0n) is 12.8. The smallest absolute Gasteiger partial charge is 0.326 e. The number of carbonyl (C=O) groups is 3. The topological polar surface area (TPSA) is 88.4 Å². The number of carbonyl (C=O) groups excluding carboxylic acids is 3. The van der Waals surface area contributed by atoms with Crippen LogP contribution in [0.1, 0.15) is 33.4 Å². The number of hydrogen-bond donors (Lipinski definition) is 2. The van der Waals surface area contributed by atoms with Gasteiger partial charge >= 0.3 is 5.97 Å². The van der Waals surface area contributed by atoms with E-state index in [-0.39, 0.29) is 35.7 Å². The molecule has 0 saturated carbocycles. The molecule has 128 valence electrons. The maximum absolute atomic E-state index is 12.1. The Morgan fingerprint density at radius 3 is 2.71 bits per heavy atom. The maximum Gasteiger partial charge on any atom is 0.326 e. The van der Waals surface area contributed by atoms with Crippen LogP contribution in [0.4, 0.5) is 0 Å². The SMILES string of the molecule is CCC(=O)ONNC(=O)c1ccc[n+](CC(=O)c2cccs2)c1.[Br-]. The first-order chi connectivity index (χ1) is 11.1. The fraction of sp³-hybridized carbons (Fsp3) is 0.200. The van der Waals surface area contributed by atoms with Gasteiger partial charge in [-0.25, -0.2) is 0 Å². The van der Waals surface area contributed by atoms with E-state index in [0.29, 0.717) is 10.4 Å². The summed E-state index contributed by atoms with van der Waals surface area (Å²) in [5, 5.41) is 1.84. The summed E-state index contributed by atoms with van der Waals surface area (Å²) in [6.07, 6.45) is 3.44. The van der Waals surface area contributed by atoms with Crippen molar-refractivity contribution < 1.29 is 40.8 Å². The molecule has 0 spiro atoms. The summed E-state index contributed by atoms with van der Waals surface area (Å²) in [6.45, 7) is 1.77. The first-order valence-electron chi connectivity index (χ1n) is 6.91. The number of hydrazine groups is 1. The number of amides is 1. The van der Waals surface area contributed by atoms with Gasteiger partial charge in [0.2, 0.25) is 12.3 Å². The molecule has 0 saturated heterocycles. The van der Waals surface area contributed by atoms with Gasteiger partial charge in [-0.3, -0.25) is 19.8 Å². The van der Waals surface area contributed by atoms with E-state index in [9.17, 15) is 14.4 Å². The summed E-state index contributed by atoms with van der Waals surface area (Å²) in [5.74, 6) is -1.00. The number of nitrogens with zero attached hydrogens (tertiary/aromatic N) is 1. The normalized spacial score (nSPS) is 9.71. The van der Waals surface area contributed by atoms with Gasteiger partial charge in [0, 0.05) is 12.5 Å². The molecular weight excluding hydrogens is 398 g/mol. The number of rotatable bonds is 7. The minimum atomic E-state index is -0.491. The van der Waals surface area contributed by atoms with Crippen molar-refractivity contribution in [1.82, 2.24) is 11.0 Å². The third-order valence-electron chi connectivity index (χ3n) is 2.86. The summed E-state index contributed by atoms with van der Waals surface area (Å²) < 4.78 is 1.62. The fourth-order valence-corrected chi connectivity index (χ4v) is 2.37. The van der Waals surface area contributed by atoms with E-state index in [4.69, 9.17) is 0 Å². The van der Waals surface area contributed by atoms with Crippen LogP contribution in [-0.2, 0) is 16.2 Å². The predicted octanol–water partition coefficient (Wildman–Crippen LogP) is -1.97. The van der Waals surface area contributed by atoms with Gasteiger partial charge in [-0.05, 0) is 17.5 Å². The molecule has 0 aliphatic heterocycles. The Labute approximate surface area is 153 Å². The van der Waals surface area contributed by atoms with Crippen molar-refractivity contribution in [2.75, 3.05) is 0 Å². The van der Waals surface area contributed by atoms with Gasteiger partial charge < -0.3 is 21.8 Å². The van der Waals surface area contributed by atoms with Gasteiger partial charge in [0.15, 0.2) is 12.4 Å². The first kappa shape index (κ1) is 19.9. The molecule has 2 rings (SSSR count).